The average molecular weight is 339 g/mol. The second-order valence-electron chi connectivity index (χ2n) is 4.50. The Hall–Kier alpha value is -1.61. The molecular weight excluding hydrogens is 329 g/mol. The largest absolute Gasteiger partial charge is 0.454 e. The quantitative estimate of drug-likeness (QED) is 0.567. The lowest BCUT2D eigenvalue weighted by Crippen LogP contribution is -1.93. The number of fused-ring (bicyclic) bond motifs is 1. The highest BCUT2D eigenvalue weighted by atomic mass is 35.5. The van der Waals surface area contributed by atoms with Crippen LogP contribution in [0.15, 0.2) is 48.5 Å². The molecule has 0 bridgehead atoms. The van der Waals surface area contributed by atoms with E-state index in [9.17, 15) is 0 Å². The molecule has 2 nitrogen and oxygen atoms in total. The summed E-state index contributed by atoms with van der Waals surface area (Å²) in [5.41, 5.74) is 6.34. The predicted octanol–water partition coefficient (Wildman–Crippen LogP) is 6.17. The van der Waals surface area contributed by atoms with Crippen LogP contribution in [0.5, 0.6) is 11.5 Å². The van der Waals surface area contributed by atoms with Gasteiger partial charge in [-0.05, 0) is 18.2 Å². The molecule has 106 valence electrons. The summed E-state index contributed by atoms with van der Waals surface area (Å²) in [5.74, 6) is 1.11. The molecule has 5 heteroatoms. The Morgan fingerprint density at radius 2 is 1.38 bits per heavy atom. The van der Waals surface area contributed by atoms with Gasteiger partial charge < -0.3 is 10.5 Å². The molecule has 0 amide bonds. The minimum Gasteiger partial charge on any atom is -0.454 e. The summed E-state index contributed by atoms with van der Waals surface area (Å²) in [6.45, 7) is 0. The maximum absolute atomic E-state index is 6.19. The smallest absolute Gasteiger partial charge is 0.151 e. The van der Waals surface area contributed by atoms with E-state index in [1.165, 1.54) is 0 Å². The maximum Gasteiger partial charge on any atom is 0.151 e. The van der Waals surface area contributed by atoms with Gasteiger partial charge >= 0.3 is 0 Å². The van der Waals surface area contributed by atoms with Gasteiger partial charge in [-0.3, -0.25) is 0 Å². The molecule has 0 fully saturated rings. The van der Waals surface area contributed by atoms with Crippen molar-refractivity contribution < 1.29 is 4.74 Å². The van der Waals surface area contributed by atoms with Crippen LogP contribution in [0.2, 0.25) is 15.1 Å². The third kappa shape index (κ3) is 2.75. The van der Waals surface area contributed by atoms with Crippen molar-refractivity contribution in [1.29, 1.82) is 0 Å². The van der Waals surface area contributed by atoms with Gasteiger partial charge in [0.1, 0.15) is 5.75 Å². The van der Waals surface area contributed by atoms with E-state index in [1.807, 2.05) is 24.3 Å². The zero-order chi connectivity index (χ0) is 15.0. The summed E-state index contributed by atoms with van der Waals surface area (Å²) in [6, 6.07) is 14.5. The van der Waals surface area contributed by atoms with Gasteiger partial charge in [-0.2, -0.15) is 0 Å². The van der Waals surface area contributed by atoms with E-state index in [-0.39, 0.29) is 0 Å². The molecule has 0 aliphatic heterocycles. The first-order valence-corrected chi connectivity index (χ1v) is 7.29. The average Bonchev–Trinajstić information content (AvgIpc) is 2.48. The van der Waals surface area contributed by atoms with Gasteiger partial charge in [0.05, 0.1) is 15.7 Å². The lowest BCUT2D eigenvalue weighted by molar-refractivity contribution is 0.491. The van der Waals surface area contributed by atoms with Crippen molar-refractivity contribution >= 4 is 51.3 Å². The molecule has 3 aromatic rings. The summed E-state index contributed by atoms with van der Waals surface area (Å²) in [4.78, 5) is 0. The highest BCUT2D eigenvalue weighted by molar-refractivity contribution is 6.42. The summed E-state index contributed by atoms with van der Waals surface area (Å²) < 4.78 is 5.89. The topological polar surface area (TPSA) is 35.2 Å². The van der Waals surface area contributed by atoms with E-state index in [4.69, 9.17) is 45.3 Å². The molecule has 0 radical (unpaired) electrons. The fraction of sp³-hybridized carbons (Fsp3) is 0. The number of hydrogen-bond donors (Lipinski definition) is 1. The fourth-order valence-corrected chi connectivity index (χ4v) is 2.63. The van der Waals surface area contributed by atoms with Crippen LogP contribution in [0.25, 0.3) is 10.8 Å². The van der Waals surface area contributed by atoms with E-state index < -0.39 is 0 Å². The number of benzene rings is 3. The van der Waals surface area contributed by atoms with Crippen LogP contribution in [-0.2, 0) is 0 Å². The number of rotatable bonds is 2. The standard InChI is InChI=1S/C16H10Cl3NO/c17-11-5-6-15(10-4-2-1-3-9(10)11)21-16-8-13(19)12(18)7-14(16)20/h1-8H,20H2. The van der Waals surface area contributed by atoms with Gasteiger partial charge in [0.25, 0.3) is 0 Å². The van der Waals surface area contributed by atoms with Gasteiger partial charge in [0.15, 0.2) is 5.75 Å². The normalized spacial score (nSPS) is 10.8. The third-order valence-corrected chi connectivity index (χ3v) is 4.16. The van der Waals surface area contributed by atoms with Crippen molar-refractivity contribution in [1.82, 2.24) is 0 Å². The fourth-order valence-electron chi connectivity index (χ4n) is 2.07. The van der Waals surface area contributed by atoms with Crippen molar-refractivity contribution in [3.05, 3.63) is 63.6 Å². The third-order valence-electron chi connectivity index (χ3n) is 3.10. The Labute approximate surface area is 137 Å². The van der Waals surface area contributed by atoms with E-state index in [0.29, 0.717) is 32.3 Å². The van der Waals surface area contributed by atoms with Crippen molar-refractivity contribution in [2.24, 2.45) is 0 Å². The summed E-state index contributed by atoms with van der Waals surface area (Å²) in [7, 11) is 0. The van der Waals surface area contributed by atoms with Crippen LogP contribution in [0.1, 0.15) is 0 Å². The maximum atomic E-state index is 6.19. The molecule has 3 aromatic carbocycles. The van der Waals surface area contributed by atoms with Crippen molar-refractivity contribution in [3.63, 3.8) is 0 Å². The Kier molecular flexibility index (Phi) is 3.85. The highest BCUT2D eigenvalue weighted by Gasteiger charge is 2.10. The van der Waals surface area contributed by atoms with Crippen molar-refractivity contribution in [2.45, 2.75) is 0 Å². The molecule has 0 aliphatic rings. The molecule has 3 rings (SSSR count). The second kappa shape index (κ2) is 5.64. The van der Waals surface area contributed by atoms with Crippen LogP contribution in [-0.4, -0.2) is 0 Å². The molecule has 0 spiro atoms. The first-order valence-electron chi connectivity index (χ1n) is 6.16. The van der Waals surface area contributed by atoms with Crippen LogP contribution in [0.3, 0.4) is 0 Å². The first-order chi connectivity index (χ1) is 10.1. The number of nitrogens with two attached hydrogens (primary N) is 1. The minimum atomic E-state index is 0.388. The lowest BCUT2D eigenvalue weighted by atomic mass is 10.1. The Morgan fingerprint density at radius 1 is 0.714 bits per heavy atom. The summed E-state index contributed by atoms with van der Waals surface area (Å²) >= 11 is 18.1. The zero-order valence-corrected chi connectivity index (χ0v) is 13.0. The number of hydrogen-bond acceptors (Lipinski definition) is 2. The first kappa shape index (κ1) is 14.3. The van der Waals surface area contributed by atoms with Crippen LogP contribution in [0, 0.1) is 0 Å². The molecular formula is C16H10Cl3NO. The zero-order valence-electron chi connectivity index (χ0n) is 10.7. The molecule has 0 saturated carbocycles. The predicted molar refractivity (Wildman–Crippen MR) is 89.9 cm³/mol. The van der Waals surface area contributed by atoms with Gasteiger partial charge in [-0.25, -0.2) is 0 Å². The van der Waals surface area contributed by atoms with Crippen molar-refractivity contribution in [3.8, 4) is 11.5 Å². The lowest BCUT2D eigenvalue weighted by Gasteiger charge is -2.12. The van der Waals surface area contributed by atoms with Crippen molar-refractivity contribution in [2.75, 3.05) is 5.73 Å². The van der Waals surface area contributed by atoms with Crippen LogP contribution < -0.4 is 10.5 Å². The second-order valence-corrected chi connectivity index (χ2v) is 5.72. The monoisotopic (exact) mass is 337 g/mol. The molecule has 0 saturated heterocycles. The molecule has 0 atom stereocenters. The van der Waals surface area contributed by atoms with E-state index in [2.05, 4.69) is 0 Å². The van der Waals surface area contributed by atoms with Gasteiger partial charge in [0, 0.05) is 21.9 Å². The highest BCUT2D eigenvalue weighted by Crippen LogP contribution is 2.38. The molecule has 0 aliphatic carbocycles. The van der Waals surface area contributed by atoms with Gasteiger partial charge in [0.2, 0.25) is 0 Å². The SMILES string of the molecule is Nc1cc(Cl)c(Cl)cc1Oc1ccc(Cl)c2ccccc12. The van der Waals surface area contributed by atoms with Crippen LogP contribution in [0.4, 0.5) is 5.69 Å². The Balaban J connectivity index is 2.11. The number of ether oxygens (including phenoxy) is 1. The number of anilines is 1. The van der Waals surface area contributed by atoms with E-state index >= 15 is 0 Å². The molecule has 0 heterocycles. The van der Waals surface area contributed by atoms with E-state index in [0.717, 1.165) is 10.8 Å². The van der Waals surface area contributed by atoms with E-state index in [1.54, 1.807) is 24.3 Å². The molecule has 2 N–H and O–H groups in total. The number of halogens is 3. The molecule has 0 unspecified atom stereocenters. The minimum absolute atomic E-state index is 0.388. The Bertz CT molecular complexity index is 833. The molecule has 21 heavy (non-hydrogen) atoms. The summed E-state index contributed by atoms with van der Waals surface area (Å²) in [6.07, 6.45) is 0. The number of nitrogen functional groups attached to an aromatic ring is 1. The molecule has 0 aromatic heterocycles. The Morgan fingerprint density at radius 3 is 2.14 bits per heavy atom. The van der Waals surface area contributed by atoms with Gasteiger partial charge in [-0.15, -0.1) is 0 Å². The van der Waals surface area contributed by atoms with Crippen LogP contribution >= 0.6 is 34.8 Å². The van der Waals surface area contributed by atoms with Gasteiger partial charge in [-0.1, -0.05) is 59.1 Å². The summed E-state index contributed by atoms with van der Waals surface area (Å²) in [5, 5.41) is 3.26.